The minimum absolute atomic E-state index is 0.0742. The minimum Gasteiger partial charge on any atom is -0.360 e. The average molecular weight is 441 g/mol. The number of halogens is 1. The molecule has 3 aromatic rings. The Hall–Kier alpha value is -2.61. The van der Waals surface area contributed by atoms with Crippen LogP contribution in [0.5, 0.6) is 0 Å². The van der Waals surface area contributed by atoms with E-state index in [9.17, 15) is 12.8 Å². The van der Waals surface area contributed by atoms with E-state index in [1.54, 1.807) is 36.0 Å². The average Bonchev–Trinajstić information content (AvgIpc) is 3.17. The standard InChI is InChI=1S/C23H21FN2O2S2/c1-30(27,28)20-13-9-18(10-14-20)22-21(17-7-11-19(24)12-8-17)26-23(29-22)25-15-16-5-3-2-4-6-16/h2-14,23,25-26H,15H2,1H3. The van der Waals surface area contributed by atoms with E-state index in [2.05, 4.69) is 22.8 Å². The van der Waals surface area contributed by atoms with Crippen LogP contribution in [0.2, 0.25) is 0 Å². The summed E-state index contributed by atoms with van der Waals surface area (Å²) in [6, 6.07) is 23.3. The van der Waals surface area contributed by atoms with Crippen molar-refractivity contribution in [3.8, 4) is 0 Å². The van der Waals surface area contributed by atoms with E-state index < -0.39 is 9.84 Å². The van der Waals surface area contributed by atoms with E-state index in [0.717, 1.165) is 21.7 Å². The molecule has 0 bridgehead atoms. The van der Waals surface area contributed by atoms with E-state index in [0.29, 0.717) is 6.54 Å². The lowest BCUT2D eigenvalue weighted by Crippen LogP contribution is -2.34. The van der Waals surface area contributed by atoms with Crippen LogP contribution in [-0.4, -0.2) is 20.2 Å². The molecule has 0 saturated carbocycles. The van der Waals surface area contributed by atoms with Crippen molar-refractivity contribution in [2.24, 2.45) is 0 Å². The highest BCUT2D eigenvalue weighted by Crippen LogP contribution is 2.41. The zero-order chi connectivity index (χ0) is 21.1. The molecule has 30 heavy (non-hydrogen) atoms. The van der Waals surface area contributed by atoms with E-state index in [1.165, 1.54) is 24.0 Å². The van der Waals surface area contributed by atoms with Crippen LogP contribution in [0.25, 0.3) is 10.6 Å². The summed E-state index contributed by atoms with van der Waals surface area (Å²) in [5.74, 6) is -0.289. The summed E-state index contributed by atoms with van der Waals surface area (Å²) in [6.07, 6.45) is 1.20. The van der Waals surface area contributed by atoms with E-state index in [-0.39, 0.29) is 16.2 Å². The Balaban J connectivity index is 1.62. The molecule has 0 spiro atoms. The highest BCUT2D eigenvalue weighted by molar-refractivity contribution is 8.09. The molecule has 4 nitrogen and oxygen atoms in total. The van der Waals surface area contributed by atoms with Gasteiger partial charge in [0.15, 0.2) is 9.84 Å². The smallest absolute Gasteiger partial charge is 0.175 e. The van der Waals surface area contributed by atoms with Gasteiger partial charge in [0.1, 0.15) is 11.3 Å². The molecule has 4 rings (SSSR count). The lowest BCUT2D eigenvalue weighted by atomic mass is 10.1. The zero-order valence-corrected chi connectivity index (χ0v) is 17.9. The van der Waals surface area contributed by atoms with Gasteiger partial charge in [-0.2, -0.15) is 0 Å². The van der Waals surface area contributed by atoms with Crippen molar-refractivity contribution in [3.63, 3.8) is 0 Å². The van der Waals surface area contributed by atoms with Gasteiger partial charge in [-0.3, -0.25) is 5.32 Å². The van der Waals surface area contributed by atoms with Crippen molar-refractivity contribution >= 4 is 32.2 Å². The summed E-state index contributed by atoms with van der Waals surface area (Å²) in [5.41, 5.74) is 3.76. The lowest BCUT2D eigenvalue weighted by Gasteiger charge is -2.14. The maximum atomic E-state index is 13.4. The Morgan fingerprint density at radius 3 is 2.20 bits per heavy atom. The third kappa shape index (κ3) is 4.75. The van der Waals surface area contributed by atoms with Gasteiger partial charge in [-0.25, -0.2) is 12.8 Å². The van der Waals surface area contributed by atoms with Crippen LogP contribution in [0.1, 0.15) is 16.7 Å². The Morgan fingerprint density at radius 1 is 0.933 bits per heavy atom. The van der Waals surface area contributed by atoms with Crippen LogP contribution in [-0.2, 0) is 16.4 Å². The molecule has 0 aromatic heterocycles. The Labute approximate surface area is 180 Å². The molecule has 1 unspecified atom stereocenters. The summed E-state index contributed by atoms with van der Waals surface area (Å²) in [4.78, 5) is 1.26. The third-order valence-corrected chi connectivity index (χ3v) is 7.07. The van der Waals surface area contributed by atoms with Gasteiger partial charge in [0, 0.05) is 17.7 Å². The van der Waals surface area contributed by atoms with Gasteiger partial charge in [0.2, 0.25) is 0 Å². The molecule has 154 valence electrons. The van der Waals surface area contributed by atoms with Gasteiger partial charge in [0.05, 0.1) is 10.6 Å². The van der Waals surface area contributed by atoms with Crippen molar-refractivity contribution in [3.05, 3.63) is 101 Å². The molecule has 0 amide bonds. The van der Waals surface area contributed by atoms with Crippen LogP contribution in [0.4, 0.5) is 4.39 Å². The fraction of sp³-hybridized carbons (Fsp3) is 0.130. The second-order valence-electron chi connectivity index (χ2n) is 7.02. The van der Waals surface area contributed by atoms with Gasteiger partial charge < -0.3 is 5.32 Å². The van der Waals surface area contributed by atoms with Gasteiger partial charge in [0.25, 0.3) is 0 Å². The van der Waals surface area contributed by atoms with Gasteiger partial charge in [-0.15, -0.1) is 0 Å². The minimum atomic E-state index is -3.26. The molecule has 3 aromatic carbocycles. The number of rotatable bonds is 6. The van der Waals surface area contributed by atoms with Crippen molar-refractivity contribution in [2.45, 2.75) is 16.9 Å². The first-order valence-corrected chi connectivity index (χ1v) is 12.2. The highest BCUT2D eigenvalue weighted by Gasteiger charge is 2.26. The summed E-state index contributed by atoms with van der Waals surface area (Å²) in [6.45, 7) is 0.697. The Bertz CT molecular complexity index is 1160. The predicted octanol–water partition coefficient (Wildman–Crippen LogP) is 4.46. The summed E-state index contributed by atoms with van der Waals surface area (Å²) in [5, 5.41) is 6.97. The van der Waals surface area contributed by atoms with Gasteiger partial charge in [-0.05, 0) is 53.1 Å². The summed E-state index contributed by atoms with van der Waals surface area (Å²) in [7, 11) is -3.26. The molecule has 0 fully saturated rings. The quantitative estimate of drug-likeness (QED) is 0.593. The number of nitrogens with one attached hydrogen (secondary N) is 2. The third-order valence-electron chi connectivity index (χ3n) is 4.75. The second kappa shape index (κ2) is 8.63. The van der Waals surface area contributed by atoms with Gasteiger partial charge >= 0.3 is 0 Å². The largest absolute Gasteiger partial charge is 0.360 e. The topological polar surface area (TPSA) is 58.2 Å². The van der Waals surface area contributed by atoms with Crippen molar-refractivity contribution in [1.29, 1.82) is 0 Å². The monoisotopic (exact) mass is 440 g/mol. The molecule has 2 N–H and O–H groups in total. The second-order valence-corrected chi connectivity index (χ2v) is 10.1. The van der Waals surface area contributed by atoms with Crippen LogP contribution in [0.3, 0.4) is 0 Å². The van der Waals surface area contributed by atoms with Crippen LogP contribution in [0.15, 0.2) is 83.8 Å². The maximum Gasteiger partial charge on any atom is 0.175 e. The van der Waals surface area contributed by atoms with Crippen LogP contribution >= 0.6 is 11.8 Å². The fourth-order valence-electron chi connectivity index (χ4n) is 3.20. The molecule has 7 heteroatoms. The van der Waals surface area contributed by atoms with E-state index in [4.69, 9.17) is 0 Å². The molecule has 0 radical (unpaired) electrons. The maximum absolute atomic E-state index is 13.4. The SMILES string of the molecule is CS(=O)(=O)c1ccc(C2=C(c3ccc(F)cc3)NC(NCc3ccccc3)S2)cc1. The first-order valence-electron chi connectivity index (χ1n) is 9.41. The number of benzene rings is 3. The first kappa shape index (κ1) is 20.7. The lowest BCUT2D eigenvalue weighted by molar-refractivity contribution is 0.602. The molecule has 0 saturated heterocycles. The highest BCUT2D eigenvalue weighted by atomic mass is 32.2. The first-order chi connectivity index (χ1) is 14.4. The molecular formula is C23H21FN2O2S2. The molecule has 1 atom stereocenters. The van der Waals surface area contributed by atoms with Crippen LogP contribution in [0, 0.1) is 5.82 Å². The normalized spacial score (nSPS) is 16.5. The van der Waals surface area contributed by atoms with E-state index in [1.807, 2.05) is 30.3 Å². The number of hydrogen-bond donors (Lipinski definition) is 2. The van der Waals surface area contributed by atoms with Crippen LogP contribution < -0.4 is 10.6 Å². The molecule has 1 heterocycles. The summed E-state index contributed by atoms with van der Waals surface area (Å²) >= 11 is 1.62. The van der Waals surface area contributed by atoms with Crippen molar-refractivity contribution in [2.75, 3.05) is 6.26 Å². The molecule has 1 aliphatic heterocycles. The Morgan fingerprint density at radius 2 is 1.57 bits per heavy atom. The zero-order valence-electron chi connectivity index (χ0n) is 16.3. The Kier molecular flexibility index (Phi) is 5.94. The molecule has 1 aliphatic rings. The fourth-order valence-corrected chi connectivity index (χ4v) is 4.98. The number of hydrogen-bond acceptors (Lipinski definition) is 5. The number of thioether (sulfide) groups is 1. The van der Waals surface area contributed by atoms with E-state index >= 15 is 0 Å². The van der Waals surface area contributed by atoms with Crippen molar-refractivity contribution < 1.29 is 12.8 Å². The molecule has 0 aliphatic carbocycles. The molecular weight excluding hydrogens is 419 g/mol. The predicted molar refractivity (Wildman–Crippen MR) is 121 cm³/mol. The summed E-state index contributed by atoms with van der Waals surface area (Å²) < 4.78 is 37.0. The van der Waals surface area contributed by atoms with Crippen molar-refractivity contribution in [1.82, 2.24) is 10.6 Å². The van der Waals surface area contributed by atoms with Gasteiger partial charge in [-0.1, -0.05) is 54.2 Å². The number of sulfone groups is 1.